The molecule has 6 nitrogen and oxygen atoms in total. The molecule has 108 valence electrons. The van der Waals surface area contributed by atoms with Crippen molar-refractivity contribution < 1.29 is 0 Å². The largest absolute Gasteiger partial charge is 0.321 e. The number of fused-ring (bicyclic) bond motifs is 1. The van der Waals surface area contributed by atoms with Gasteiger partial charge in [0.05, 0.1) is 24.0 Å². The van der Waals surface area contributed by atoms with Gasteiger partial charge in [0.15, 0.2) is 0 Å². The fraction of sp³-hybridized carbons (Fsp3) is 0.286. The third kappa shape index (κ3) is 2.57. The van der Waals surface area contributed by atoms with E-state index in [0.717, 1.165) is 10.4 Å². The molecule has 0 aliphatic rings. The van der Waals surface area contributed by atoms with Gasteiger partial charge in [-0.05, 0) is 18.1 Å². The molecule has 3 aromatic heterocycles. The summed E-state index contributed by atoms with van der Waals surface area (Å²) in [5, 5.41) is 7.61. The Bertz CT molecular complexity index is 824. The number of aromatic nitrogens is 4. The van der Waals surface area contributed by atoms with Crippen LogP contribution in [0.25, 0.3) is 20.7 Å². The lowest BCUT2D eigenvalue weighted by Crippen LogP contribution is -2.23. The molecule has 0 aliphatic heterocycles. The first-order valence-electron chi connectivity index (χ1n) is 6.62. The van der Waals surface area contributed by atoms with Crippen LogP contribution in [0, 0.1) is 5.92 Å². The molecule has 1 atom stereocenters. The van der Waals surface area contributed by atoms with Gasteiger partial charge in [0, 0.05) is 10.4 Å². The number of hydrogen-bond donors (Lipinski definition) is 2. The minimum absolute atomic E-state index is 0.149. The lowest BCUT2D eigenvalue weighted by molar-refractivity contribution is 0.491. The van der Waals surface area contributed by atoms with E-state index in [1.54, 1.807) is 12.4 Å². The van der Waals surface area contributed by atoms with E-state index >= 15 is 0 Å². The lowest BCUT2D eigenvalue weighted by atomic mass is 10.1. The van der Waals surface area contributed by atoms with Gasteiger partial charge in [0.25, 0.3) is 5.56 Å². The van der Waals surface area contributed by atoms with Gasteiger partial charge in [0.1, 0.15) is 10.5 Å². The predicted octanol–water partition coefficient (Wildman–Crippen LogP) is 2.10. The number of nitrogens with zero attached hydrogens (tertiary/aromatic N) is 3. The van der Waals surface area contributed by atoms with E-state index in [-0.39, 0.29) is 17.5 Å². The van der Waals surface area contributed by atoms with E-state index in [9.17, 15) is 4.79 Å². The Kier molecular flexibility index (Phi) is 3.52. The van der Waals surface area contributed by atoms with Gasteiger partial charge in [0.2, 0.25) is 0 Å². The summed E-state index contributed by atoms with van der Waals surface area (Å²) in [5.74, 6) is 0.729. The van der Waals surface area contributed by atoms with Crippen LogP contribution < -0.4 is 11.3 Å². The van der Waals surface area contributed by atoms with Crippen LogP contribution in [-0.4, -0.2) is 20.2 Å². The van der Waals surface area contributed by atoms with Gasteiger partial charge in [-0.1, -0.05) is 13.8 Å². The normalized spacial score (nSPS) is 13.0. The highest BCUT2D eigenvalue weighted by molar-refractivity contribution is 7.22. The van der Waals surface area contributed by atoms with Gasteiger partial charge in [-0.15, -0.1) is 11.3 Å². The van der Waals surface area contributed by atoms with Crippen molar-refractivity contribution in [3.63, 3.8) is 0 Å². The van der Waals surface area contributed by atoms with Gasteiger partial charge >= 0.3 is 0 Å². The van der Waals surface area contributed by atoms with Crippen molar-refractivity contribution in [2.24, 2.45) is 11.7 Å². The molecule has 3 rings (SSSR count). The van der Waals surface area contributed by atoms with Crippen LogP contribution in [0.5, 0.6) is 0 Å². The highest BCUT2D eigenvalue weighted by Gasteiger charge is 2.16. The molecular formula is C14H15N5OS. The van der Waals surface area contributed by atoms with Gasteiger partial charge in [-0.2, -0.15) is 10.2 Å². The number of hydrogen-bond acceptors (Lipinski definition) is 6. The van der Waals surface area contributed by atoms with Crippen LogP contribution in [0.1, 0.15) is 25.7 Å². The second kappa shape index (κ2) is 5.34. The molecule has 0 saturated heterocycles. The van der Waals surface area contributed by atoms with Crippen molar-refractivity contribution in [3.05, 3.63) is 40.7 Å². The molecule has 21 heavy (non-hydrogen) atoms. The Morgan fingerprint density at radius 3 is 2.81 bits per heavy atom. The molecule has 0 bridgehead atoms. The highest BCUT2D eigenvalue weighted by Crippen LogP contribution is 2.30. The Morgan fingerprint density at radius 1 is 1.33 bits per heavy atom. The number of rotatable bonds is 3. The second-order valence-electron chi connectivity index (χ2n) is 5.18. The summed E-state index contributed by atoms with van der Waals surface area (Å²) < 4.78 is 0.599. The first-order chi connectivity index (χ1) is 10.1. The molecular weight excluding hydrogens is 286 g/mol. The molecule has 1 unspecified atom stereocenters. The minimum Gasteiger partial charge on any atom is -0.321 e. The van der Waals surface area contributed by atoms with Crippen molar-refractivity contribution in [2.45, 2.75) is 19.9 Å². The molecule has 3 N–H and O–H groups in total. The van der Waals surface area contributed by atoms with Crippen molar-refractivity contribution >= 4 is 21.6 Å². The molecule has 0 fully saturated rings. The van der Waals surface area contributed by atoms with Crippen LogP contribution in [-0.2, 0) is 0 Å². The molecule has 7 heteroatoms. The van der Waals surface area contributed by atoms with Crippen LogP contribution in [0.15, 0.2) is 29.3 Å². The number of nitrogens with one attached hydrogen (secondary N) is 1. The van der Waals surface area contributed by atoms with Crippen LogP contribution in [0.2, 0.25) is 0 Å². The van der Waals surface area contributed by atoms with Crippen molar-refractivity contribution in [3.8, 4) is 10.4 Å². The summed E-state index contributed by atoms with van der Waals surface area (Å²) in [6.07, 6.45) is 3.29. The Morgan fingerprint density at radius 2 is 2.14 bits per heavy atom. The summed E-state index contributed by atoms with van der Waals surface area (Å²) in [6.45, 7) is 3.99. The number of nitrogens with two attached hydrogens (primary N) is 1. The van der Waals surface area contributed by atoms with Gasteiger partial charge < -0.3 is 10.7 Å². The topological polar surface area (TPSA) is 97.5 Å². The molecule has 3 aromatic rings. The monoisotopic (exact) mass is 301 g/mol. The average molecular weight is 301 g/mol. The maximum absolute atomic E-state index is 12.2. The summed E-state index contributed by atoms with van der Waals surface area (Å²) >= 11 is 1.39. The van der Waals surface area contributed by atoms with Crippen molar-refractivity contribution in [1.29, 1.82) is 0 Å². The first kappa shape index (κ1) is 13.8. The van der Waals surface area contributed by atoms with E-state index in [1.165, 1.54) is 11.3 Å². The zero-order chi connectivity index (χ0) is 15.0. The standard InChI is InChI=1S/C14H15N5OS/c1-7(2)11(15)13-18-9-5-10(8-3-4-16-17-6-8)21-12(9)14(20)19-13/h3-7,11H,15H2,1-2H3,(H,18,19,20). The third-order valence-electron chi connectivity index (χ3n) is 3.30. The number of H-pyrrole nitrogens is 1. The first-order valence-corrected chi connectivity index (χ1v) is 7.44. The minimum atomic E-state index is -0.284. The molecule has 3 heterocycles. The van der Waals surface area contributed by atoms with Gasteiger partial charge in [-0.3, -0.25) is 4.79 Å². The van der Waals surface area contributed by atoms with Crippen molar-refractivity contribution in [1.82, 2.24) is 20.2 Å². The number of thiophene rings is 1. The van der Waals surface area contributed by atoms with E-state index in [1.807, 2.05) is 26.0 Å². The fourth-order valence-corrected chi connectivity index (χ4v) is 2.99. The maximum atomic E-state index is 12.2. The van der Waals surface area contributed by atoms with Gasteiger partial charge in [-0.25, -0.2) is 4.98 Å². The zero-order valence-corrected chi connectivity index (χ0v) is 12.5. The van der Waals surface area contributed by atoms with E-state index in [4.69, 9.17) is 5.73 Å². The molecule has 0 spiro atoms. The summed E-state index contributed by atoms with van der Waals surface area (Å²) in [6, 6.07) is 3.46. The number of aromatic amines is 1. The average Bonchev–Trinajstić information content (AvgIpc) is 2.92. The fourth-order valence-electron chi connectivity index (χ4n) is 2.01. The van der Waals surface area contributed by atoms with E-state index < -0.39 is 0 Å². The Hall–Kier alpha value is -2.12. The quantitative estimate of drug-likeness (QED) is 0.772. The van der Waals surface area contributed by atoms with E-state index in [2.05, 4.69) is 20.2 Å². The molecule has 0 radical (unpaired) electrons. The molecule has 0 aromatic carbocycles. The second-order valence-corrected chi connectivity index (χ2v) is 6.23. The SMILES string of the molecule is CC(C)C(N)c1nc2cc(-c3ccnnc3)sc2c(=O)[nH]1. The predicted molar refractivity (Wildman–Crippen MR) is 83.0 cm³/mol. The summed E-state index contributed by atoms with van der Waals surface area (Å²) in [4.78, 5) is 20.4. The maximum Gasteiger partial charge on any atom is 0.268 e. The molecule has 0 aliphatic carbocycles. The lowest BCUT2D eigenvalue weighted by Gasteiger charge is -2.13. The smallest absolute Gasteiger partial charge is 0.268 e. The summed E-state index contributed by atoms with van der Waals surface area (Å²) in [5.41, 5.74) is 7.51. The molecule has 0 amide bonds. The zero-order valence-electron chi connectivity index (χ0n) is 11.7. The summed E-state index contributed by atoms with van der Waals surface area (Å²) in [7, 11) is 0. The van der Waals surface area contributed by atoms with Crippen LogP contribution in [0.4, 0.5) is 0 Å². The van der Waals surface area contributed by atoms with Crippen LogP contribution in [0.3, 0.4) is 0 Å². The third-order valence-corrected chi connectivity index (χ3v) is 4.48. The molecule has 0 saturated carbocycles. The Labute approximate surface area is 125 Å². The Balaban J connectivity index is 2.14. The highest BCUT2D eigenvalue weighted by atomic mass is 32.1. The van der Waals surface area contributed by atoms with Crippen LogP contribution >= 0.6 is 11.3 Å². The van der Waals surface area contributed by atoms with Crippen molar-refractivity contribution in [2.75, 3.05) is 0 Å². The van der Waals surface area contributed by atoms with E-state index in [0.29, 0.717) is 16.0 Å².